The van der Waals surface area contributed by atoms with E-state index in [1.54, 1.807) is 17.1 Å². The molecule has 2 aromatic rings. The molecule has 0 amide bonds. The Labute approximate surface area is 146 Å². The predicted molar refractivity (Wildman–Crippen MR) is 90.1 cm³/mol. The molecule has 0 saturated heterocycles. The van der Waals surface area contributed by atoms with Crippen molar-refractivity contribution in [2.45, 2.75) is 39.3 Å². The van der Waals surface area contributed by atoms with Gasteiger partial charge in [0.15, 0.2) is 11.6 Å². The third-order valence-electron chi connectivity index (χ3n) is 3.81. The van der Waals surface area contributed by atoms with Crippen molar-refractivity contribution in [1.82, 2.24) is 14.8 Å². The molecular weight excluding hydrogens is 328 g/mol. The molecule has 1 heterocycles. The van der Waals surface area contributed by atoms with Gasteiger partial charge in [-0.05, 0) is 24.0 Å². The lowest BCUT2D eigenvalue weighted by Crippen LogP contribution is -2.35. The molecule has 5 nitrogen and oxygen atoms in total. The number of hydrogen-bond acceptors (Lipinski definition) is 4. The molecule has 7 heteroatoms. The zero-order valence-corrected chi connectivity index (χ0v) is 14.6. The van der Waals surface area contributed by atoms with E-state index in [4.69, 9.17) is 4.74 Å². The lowest BCUT2D eigenvalue weighted by molar-refractivity contribution is 0.0133. The number of halogens is 2. The van der Waals surface area contributed by atoms with Gasteiger partial charge in [0.05, 0.1) is 12.1 Å². The molecule has 136 valence electrons. The van der Waals surface area contributed by atoms with E-state index >= 15 is 0 Å². The van der Waals surface area contributed by atoms with Gasteiger partial charge in [-0.2, -0.15) is 5.10 Å². The van der Waals surface area contributed by atoms with E-state index in [0.717, 1.165) is 12.1 Å². The standard InChI is InChI=1S/C18H23F2N3O2/c1-18(2,3)17(24)16(23-12-21-11-22-23)6-4-5-9-25-13-7-8-14(19)15(20)10-13/h4-5,7-8,10-12,16-17,24H,6,9H2,1-3H3/b5-4+. The summed E-state index contributed by atoms with van der Waals surface area (Å²) < 4.78 is 32.9. The monoisotopic (exact) mass is 351 g/mol. The van der Waals surface area contributed by atoms with Crippen molar-refractivity contribution in [3.8, 4) is 5.75 Å². The van der Waals surface area contributed by atoms with Gasteiger partial charge in [0, 0.05) is 6.07 Å². The number of nitrogens with zero attached hydrogens (tertiary/aromatic N) is 3. The number of allylic oxidation sites excluding steroid dienone is 1. The van der Waals surface area contributed by atoms with Crippen LogP contribution in [0.15, 0.2) is 43.0 Å². The Morgan fingerprint density at radius 2 is 2.00 bits per heavy atom. The maximum Gasteiger partial charge on any atom is 0.162 e. The first-order chi connectivity index (χ1) is 11.8. The number of aromatic nitrogens is 3. The van der Waals surface area contributed by atoms with E-state index in [-0.39, 0.29) is 23.8 Å². The van der Waals surface area contributed by atoms with Gasteiger partial charge in [0.1, 0.15) is 25.0 Å². The van der Waals surface area contributed by atoms with Crippen LogP contribution in [0.1, 0.15) is 33.2 Å². The summed E-state index contributed by atoms with van der Waals surface area (Å²) in [6.07, 6.45) is 6.54. The van der Waals surface area contributed by atoms with Crippen molar-refractivity contribution in [3.63, 3.8) is 0 Å². The Balaban J connectivity index is 1.93. The third-order valence-corrected chi connectivity index (χ3v) is 3.81. The van der Waals surface area contributed by atoms with Crippen LogP contribution < -0.4 is 4.74 Å². The Morgan fingerprint density at radius 3 is 2.60 bits per heavy atom. The maximum atomic E-state index is 13.1. The second-order valence-corrected chi connectivity index (χ2v) is 6.85. The fraction of sp³-hybridized carbons (Fsp3) is 0.444. The highest BCUT2D eigenvalue weighted by Gasteiger charge is 2.31. The van der Waals surface area contributed by atoms with Gasteiger partial charge < -0.3 is 9.84 Å². The fourth-order valence-electron chi connectivity index (χ4n) is 2.36. The molecule has 0 saturated carbocycles. The van der Waals surface area contributed by atoms with Crippen LogP contribution in [0.4, 0.5) is 8.78 Å². The molecule has 2 unspecified atom stereocenters. The summed E-state index contributed by atoms with van der Waals surface area (Å²) in [6.45, 7) is 6.08. The van der Waals surface area contributed by atoms with Crippen molar-refractivity contribution in [3.05, 3.63) is 54.6 Å². The Morgan fingerprint density at radius 1 is 1.24 bits per heavy atom. The summed E-state index contributed by atoms with van der Waals surface area (Å²) in [6, 6.07) is 3.13. The summed E-state index contributed by atoms with van der Waals surface area (Å²) in [5.74, 6) is -1.60. The van der Waals surface area contributed by atoms with Gasteiger partial charge in [0.2, 0.25) is 0 Å². The Kier molecular flexibility index (Phi) is 6.25. The van der Waals surface area contributed by atoms with Gasteiger partial charge in [-0.3, -0.25) is 0 Å². The SMILES string of the molecule is CC(C)(C)C(O)C(C/C=C/COc1ccc(F)c(F)c1)n1cncn1. The minimum absolute atomic E-state index is 0.209. The van der Waals surface area contributed by atoms with E-state index in [2.05, 4.69) is 10.1 Å². The maximum absolute atomic E-state index is 13.1. The number of rotatable bonds is 7. The van der Waals surface area contributed by atoms with Crippen LogP contribution in [-0.2, 0) is 0 Å². The van der Waals surface area contributed by atoms with Gasteiger partial charge in [0.25, 0.3) is 0 Å². The second kappa shape index (κ2) is 8.20. The number of benzene rings is 1. The van der Waals surface area contributed by atoms with Crippen molar-refractivity contribution in [2.75, 3.05) is 6.61 Å². The van der Waals surface area contributed by atoms with Crippen LogP contribution >= 0.6 is 0 Å². The van der Waals surface area contributed by atoms with E-state index in [1.165, 1.54) is 12.4 Å². The van der Waals surface area contributed by atoms with Gasteiger partial charge in [-0.1, -0.05) is 32.9 Å². The van der Waals surface area contributed by atoms with Crippen molar-refractivity contribution < 1.29 is 18.6 Å². The van der Waals surface area contributed by atoms with E-state index < -0.39 is 17.7 Å². The number of ether oxygens (including phenoxy) is 1. The minimum atomic E-state index is -0.943. The lowest BCUT2D eigenvalue weighted by atomic mass is 9.83. The molecule has 0 aliphatic rings. The molecule has 25 heavy (non-hydrogen) atoms. The molecule has 1 aromatic heterocycles. The van der Waals surface area contributed by atoms with Gasteiger partial charge in [-0.25, -0.2) is 18.4 Å². The first-order valence-corrected chi connectivity index (χ1v) is 8.04. The summed E-state index contributed by atoms with van der Waals surface area (Å²) in [5.41, 5.74) is -0.313. The summed E-state index contributed by atoms with van der Waals surface area (Å²) in [7, 11) is 0. The topological polar surface area (TPSA) is 60.2 Å². The van der Waals surface area contributed by atoms with Crippen molar-refractivity contribution in [2.24, 2.45) is 5.41 Å². The molecule has 1 N–H and O–H groups in total. The molecule has 0 fully saturated rings. The molecule has 0 radical (unpaired) electrons. The number of hydrogen-bond donors (Lipinski definition) is 1. The van der Waals surface area contributed by atoms with Crippen LogP contribution in [0.3, 0.4) is 0 Å². The molecule has 1 aromatic carbocycles. The average Bonchev–Trinajstić information content (AvgIpc) is 3.07. The van der Waals surface area contributed by atoms with E-state index in [1.807, 2.05) is 26.8 Å². The highest BCUT2D eigenvalue weighted by molar-refractivity contribution is 5.23. The second-order valence-electron chi connectivity index (χ2n) is 6.85. The summed E-state index contributed by atoms with van der Waals surface area (Å²) in [5, 5.41) is 14.7. The van der Waals surface area contributed by atoms with Crippen molar-refractivity contribution >= 4 is 0 Å². The normalized spacial score (nSPS) is 14.6. The lowest BCUT2D eigenvalue weighted by Gasteiger charge is -2.32. The molecule has 0 aliphatic heterocycles. The highest BCUT2D eigenvalue weighted by atomic mass is 19.2. The molecular formula is C18H23F2N3O2. The summed E-state index contributed by atoms with van der Waals surface area (Å²) >= 11 is 0. The number of aliphatic hydroxyl groups is 1. The van der Waals surface area contributed by atoms with E-state index in [9.17, 15) is 13.9 Å². The average molecular weight is 351 g/mol. The predicted octanol–water partition coefficient (Wildman–Crippen LogP) is 3.53. The molecule has 2 rings (SSSR count). The Hall–Kier alpha value is -2.28. The quantitative estimate of drug-likeness (QED) is 0.775. The fourth-order valence-corrected chi connectivity index (χ4v) is 2.36. The van der Waals surface area contributed by atoms with Crippen molar-refractivity contribution in [1.29, 1.82) is 0 Å². The first-order valence-electron chi connectivity index (χ1n) is 8.04. The van der Waals surface area contributed by atoms with Crippen LogP contribution in [0.5, 0.6) is 5.75 Å². The molecule has 0 bridgehead atoms. The molecule has 0 spiro atoms. The number of aliphatic hydroxyl groups excluding tert-OH is 1. The third kappa shape index (κ3) is 5.35. The van der Waals surface area contributed by atoms with Crippen LogP contribution in [-0.4, -0.2) is 32.6 Å². The van der Waals surface area contributed by atoms with Crippen LogP contribution in [0.25, 0.3) is 0 Å². The van der Waals surface area contributed by atoms with Crippen LogP contribution in [0.2, 0.25) is 0 Å². The smallest absolute Gasteiger partial charge is 0.162 e. The van der Waals surface area contributed by atoms with Gasteiger partial charge in [-0.15, -0.1) is 0 Å². The molecule has 0 aliphatic carbocycles. The Bertz CT molecular complexity index is 697. The minimum Gasteiger partial charge on any atom is -0.489 e. The zero-order valence-electron chi connectivity index (χ0n) is 14.6. The highest BCUT2D eigenvalue weighted by Crippen LogP contribution is 2.30. The largest absolute Gasteiger partial charge is 0.489 e. The van der Waals surface area contributed by atoms with Gasteiger partial charge >= 0.3 is 0 Å². The first kappa shape index (κ1) is 19.1. The summed E-state index contributed by atoms with van der Waals surface area (Å²) in [4.78, 5) is 3.93. The van der Waals surface area contributed by atoms with Crippen LogP contribution in [0, 0.1) is 17.0 Å². The molecule has 2 atom stereocenters. The zero-order chi connectivity index (χ0) is 18.4. The van der Waals surface area contributed by atoms with E-state index in [0.29, 0.717) is 6.42 Å².